The number of benzene rings is 2. The largest absolute Gasteiger partial charge is 0.496 e. The Labute approximate surface area is 142 Å². The first kappa shape index (κ1) is 17.0. The van der Waals surface area contributed by atoms with Gasteiger partial charge >= 0.3 is 5.97 Å². The van der Waals surface area contributed by atoms with Crippen molar-refractivity contribution in [1.82, 2.24) is 5.32 Å². The Morgan fingerprint density at radius 3 is 2.61 bits per heavy atom. The smallest absolute Gasteiger partial charge is 0.326 e. The third-order valence-electron chi connectivity index (χ3n) is 3.31. The Morgan fingerprint density at radius 1 is 1.22 bits per heavy atom. The van der Waals surface area contributed by atoms with Crippen LogP contribution in [0.4, 0.5) is 0 Å². The maximum atomic E-state index is 12.2. The molecule has 0 radical (unpaired) electrons. The van der Waals surface area contributed by atoms with Gasteiger partial charge in [-0.15, -0.1) is 0 Å². The molecule has 0 spiro atoms. The van der Waals surface area contributed by atoms with Crippen LogP contribution in [0.3, 0.4) is 0 Å². The van der Waals surface area contributed by atoms with Gasteiger partial charge in [0.1, 0.15) is 11.8 Å². The summed E-state index contributed by atoms with van der Waals surface area (Å²) in [4.78, 5) is 23.7. The highest BCUT2D eigenvalue weighted by molar-refractivity contribution is 9.10. The van der Waals surface area contributed by atoms with Crippen LogP contribution in [-0.2, 0) is 11.2 Å². The molecule has 0 aliphatic carbocycles. The average molecular weight is 378 g/mol. The molecule has 2 N–H and O–H groups in total. The molecular formula is C17H16BrNO4. The molecule has 0 saturated heterocycles. The summed E-state index contributed by atoms with van der Waals surface area (Å²) in [5, 5.41) is 11.9. The van der Waals surface area contributed by atoms with E-state index in [2.05, 4.69) is 21.2 Å². The quantitative estimate of drug-likeness (QED) is 0.811. The lowest BCUT2D eigenvalue weighted by Gasteiger charge is -2.16. The standard InChI is InChI=1S/C17H16BrNO4/c1-23-15-8-3-2-5-11(15)10-14(17(21)22)19-16(20)12-6-4-7-13(18)9-12/h2-9,14H,10H2,1H3,(H,19,20)(H,21,22)/t14-/m0/s1. The number of hydrogen-bond donors (Lipinski definition) is 2. The molecule has 0 saturated carbocycles. The highest BCUT2D eigenvalue weighted by atomic mass is 79.9. The molecule has 6 heteroatoms. The van der Waals surface area contributed by atoms with Crippen LogP contribution >= 0.6 is 15.9 Å². The second-order valence-corrected chi connectivity index (χ2v) is 5.81. The highest BCUT2D eigenvalue weighted by Crippen LogP contribution is 2.19. The topological polar surface area (TPSA) is 75.6 Å². The van der Waals surface area contributed by atoms with E-state index in [1.165, 1.54) is 7.11 Å². The number of carboxylic acids is 1. The molecule has 0 aliphatic heterocycles. The van der Waals surface area contributed by atoms with Gasteiger partial charge in [-0.2, -0.15) is 0 Å². The third-order valence-corrected chi connectivity index (χ3v) is 3.80. The number of rotatable bonds is 6. The Kier molecular flexibility index (Phi) is 5.76. The minimum Gasteiger partial charge on any atom is -0.496 e. The Balaban J connectivity index is 2.16. The summed E-state index contributed by atoms with van der Waals surface area (Å²) < 4.78 is 5.97. The molecule has 0 unspecified atom stereocenters. The molecule has 23 heavy (non-hydrogen) atoms. The fraction of sp³-hybridized carbons (Fsp3) is 0.176. The normalized spacial score (nSPS) is 11.6. The van der Waals surface area contributed by atoms with E-state index < -0.39 is 17.9 Å². The maximum Gasteiger partial charge on any atom is 0.326 e. The lowest BCUT2D eigenvalue weighted by atomic mass is 10.0. The molecule has 0 heterocycles. The molecule has 120 valence electrons. The number of halogens is 1. The van der Waals surface area contributed by atoms with E-state index in [1.54, 1.807) is 48.5 Å². The maximum absolute atomic E-state index is 12.2. The highest BCUT2D eigenvalue weighted by Gasteiger charge is 2.22. The molecule has 1 atom stereocenters. The number of aliphatic carboxylic acids is 1. The van der Waals surface area contributed by atoms with Crippen LogP contribution < -0.4 is 10.1 Å². The van der Waals surface area contributed by atoms with Crippen molar-refractivity contribution in [3.8, 4) is 5.75 Å². The summed E-state index contributed by atoms with van der Waals surface area (Å²) in [5.74, 6) is -0.941. The Morgan fingerprint density at radius 2 is 1.96 bits per heavy atom. The second kappa shape index (κ2) is 7.78. The predicted octanol–water partition coefficient (Wildman–Crippen LogP) is 2.88. The van der Waals surface area contributed by atoms with Crippen LogP contribution in [0.1, 0.15) is 15.9 Å². The van der Waals surface area contributed by atoms with E-state index in [-0.39, 0.29) is 6.42 Å². The van der Waals surface area contributed by atoms with Crippen LogP contribution in [0.15, 0.2) is 53.0 Å². The van der Waals surface area contributed by atoms with E-state index in [0.29, 0.717) is 11.3 Å². The van der Waals surface area contributed by atoms with Gasteiger partial charge < -0.3 is 15.2 Å². The third kappa shape index (κ3) is 4.56. The fourth-order valence-electron chi connectivity index (χ4n) is 2.16. The van der Waals surface area contributed by atoms with Gasteiger partial charge in [0.05, 0.1) is 7.11 Å². The van der Waals surface area contributed by atoms with Crippen molar-refractivity contribution in [3.05, 3.63) is 64.1 Å². The van der Waals surface area contributed by atoms with E-state index in [4.69, 9.17) is 4.74 Å². The van der Waals surface area contributed by atoms with Crippen molar-refractivity contribution in [2.45, 2.75) is 12.5 Å². The number of carbonyl (C=O) groups is 2. The van der Waals surface area contributed by atoms with Gasteiger partial charge in [-0.05, 0) is 29.8 Å². The minimum atomic E-state index is -1.10. The number of para-hydroxylation sites is 1. The molecule has 2 aromatic carbocycles. The first-order chi connectivity index (χ1) is 11.0. The van der Waals surface area contributed by atoms with Crippen molar-refractivity contribution >= 4 is 27.8 Å². The van der Waals surface area contributed by atoms with Gasteiger partial charge in [-0.3, -0.25) is 4.79 Å². The summed E-state index contributed by atoms with van der Waals surface area (Å²) in [6, 6.07) is 12.9. The number of amides is 1. The van der Waals surface area contributed by atoms with E-state index >= 15 is 0 Å². The van der Waals surface area contributed by atoms with Crippen LogP contribution in [-0.4, -0.2) is 30.1 Å². The first-order valence-corrected chi connectivity index (χ1v) is 7.71. The number of carbonyl (C=O) groups excluding carboxylic acids is 1. The molecule has 1 amide bonds. The van der Waals surface area contributed by atoms with E-state index in [1.807, 2.05) is 0 Å². The number of hydrogen-bond acceptors (Lipinski definition) is 3. The summed E-state index contributed by atoms with van der Waals surface area (Å²) in [6.45, 7) is 0. The van der Waals surface area contributed by atoms with Gasteiger partial charge in [0.15, 0.2) is 0 Å². The van der Waals surface area contributed by atoms with Crippen molar-refractivity contribution in [2.75, 3.05) is 7.11 Å². The summed E-state index contributed by atoms with van der Waals surface area (Å²) in [7, 11) is 1.52. The SMILES string of the molecule is COc1ccccc1C[C@H](NC(=O)c1cccc(Br)c1)C(=O)O. The number of carboxylic acid groups (broad SMARTS) is 1. The fourth-order valence-corrected chi connectivity index (χ4v) is 2.56. The molecule has 0 fully saturated rings. The van der Waals surface area contributed by atoms with Gasteiger partial charge in [-0.25, -0.2) is 4.79 Å². The van der Waals surface area contributed by atoms with Crippen molar-refractivity contribution < 1.29 is 19.4 Å². The zero-order chi connectivity index (χ0) is 16.8. The lowest BCUT2D eigenvalue weighted by Crippen LogP contribution is -2.42. The lowest BCUT2D eigenvalue weighted by molar-refractivity contribution is -0.139. The average Bonchev–Trinajstić information content (AvgIpc) is 2.54. The summed E-state index contributed by atoms with van der Waals surface area (Å²) in [6.07, 6.45) is 0.138. The molecule has 0 aromatic heterocycles. The van der Waals surface area contributed by atoms with Crippen LogP contribution in [0.25, 0.3) is 0 Å². The number of ether oxygens (including phenoxy) is 1. The molecule has 5 nitrogen and oxygen atoms in total. The van der Waals surface area contributed by atoms with Gasteiger partial charge in [0, 0.05) is 16.5 Å². The van der Waals surface area contributed by atoms with Crippen LogP contribution in [0.2, 0.25) is 0 Å². The Hall–Kier alpha value is -2.34. The van der Waals surface area contributed by atoms with Crippen molar-refractivity contribution in [2.24, 2.45) is 0 Å². The number of methoxy groups -OCH3 is 1. The summed E-state index contributed by atoms with van der Waals surface area (Å²) >= 11 is 3.29. The summed E-state index contributed by atoms with van der Waals surface area (Å²) in [5.41, 5.74) is 1.11. The zero-order valence-corrected chi connectivity index (χ0v) is 14.0. The molecule has 0 bridgehead atoms. The zero-order valence-electron chi connectivity index (χ0n) is 12.5. The molecular weight excluding hydrogens is 362 g/mol. The van der Waals surface area contributed by atoms with Gasteiger partial charge in [0.25, 0.3) is 5.91 Å². The van der Waals surface area contributed by atoms with E-state index in [9.17, 15) is 14.7 Å². The number of nitrogens with one attached hydrogen (secondary N) is 1. The van der Waals surface area contributed by atoms with Crippen molar-refractivity contribution in [3.63, 3.8) is 0 Å². The van der Waals surface area contributed by atoms with E-state index in [0.717, 1.165) is 10.0 Å². The molecule has 2 aromatic rings. The molecule has 2 rings (SSSR count). The first-order valence-electron chi connectivity index (χ1n) is 6.92. The predicted molar refractivity (Wildman–Crippen MR) is 89.7 cm³/mol. The van der Waals surface area contributed by atoms with Gasteiger partial charge in [-0.1, -0.05) is 40.2 Å². The van der Waals surface area contributed by atoms with Gasteiger partial charge in [0.2, 0.25) is 0 Å². The minimum absolute atomic E-state index is 0.138. The monoisotopic (exact) mass is 377 g/mol. The van der Waals surface area contributed by atoms with Crippen LogP contribution in [0.5, 0.6) is 5.75 Å². The van der Waals surface area contributed by atoms with Crippen LogP contribution in [0, 0.1) is 0 Å². The second-order valence-electron chi connectivity index (χ2n) is 4.89. The molecule has 0 aliphatic rings. The Bertz CT molecular complexity index is 717. The van der Waals surface area contributed by atoms with Crippen molar-refractivity contribution in [1.29, 1.82) is 0 Å².